The molecule has 1 spiro atoms. The number of guanidine groups is 1. The van der Waals surface area contributed by atoms with Crippen LogP contribution in [-0.2, 0) is 0 Å². The van der Waals surface area contributed by atoms with Crippen LogP contribution < -0.4 is 26.8 Å². The van der Waals surface area contributed by atoms with Crippen LogP contribution in [0, 0.1) is 11.8 Å². The van der Waals surface area contributed by atoms with Gasteiger partial charge in [0.05, 0.1) is 17.5 Å². The van der Waals surface area contributed by atoms with Crippen LogP contribution in [0.3, 0.4) is 0 Å². The summed E-state index contributed by atoms with van der Waals surface area (Å²) in [5.74, 6) is 0.251. The van der Waals surface area contributed by atoms with Crippen LogP contribution in [0.4, 0.5) is 5.95 Å². The summed E-state index contributed by atoms with van der Waals surface area (Å²) in [6.07, 6.45) is 1.76. The lowest BCUT2D eigenvalue weighted by atomic mass is 9.80. The highest BCUT2D eigenvalue weighted by molar-refractivity contribution is 6.22. The van der Waals surface area contributed by atoms with E-state index in [-0.39, 0.29) is 30.8 Å². The monoisotopic (exact) mass is 366 g/mol. The summed E-state index contributed by atoms with van der Waals surface area (Å²) in [6, 6.07) is 0. The third-order valence-electron chi connectivity index (χ3n) is 5.05. The molecule has 1 aliphatic carbocycles. The van der Waals surface area contributed by atoms with Crippen LogP contribution in [0.2, 0.25) is 0 Å². The van der Waals surface area contributed by atoms with Crippen molar-refractivity contribution in [2.75, 3.05) is 25.4 Å². The predicted molar refractivity (Wildman–Crippen MR) is 90.0 cm³/mol. The van der Waals surface area contributed by atoms with Crippen molar-refractivity contribution in [2.24, 2.45) is 27.8 Å². The fourth-order valence-electron chi connectivity index (χ4n) is 4.12. The molecule has 1 aliphatic heterocycles. The van der Waals surface area contributed by atoms with Gasteiger partial charge in [-0.15, -0.1) is 11.6 Å². The van der Waals surface area contributed by atoms with E-state index in [9.17, 15) is 0 Å². The second-order valence-electron chi connectivity index (χ2n) is 6.25. The van der Waals surface area contributed by atoms with Gasteiger partial charge >= 0.3 is 11.9 Å². The molecule has 0 radical (unpaired) electrons. The molecule has 8 N–H and O–H groups in total. The molecule has 13 heteroatoms. The molecule has 1 fully saturated rings. The fourth-order valence-corrected chi connectivity index (χ4v) is 4.66. The Labute approximate surface area is 147 Å². The van der Waals surface area contributed by atoms with E-state index in [1.165, 1.54) is 0 Å². The quantitative estimate of drug-likeness (QED) is 0.186. The molecule has 2 aliphatic rings. The van der Waals surface area contributed by atoms with Crippen LogP contribution in [0.15, 0.2) is 16.4 Å². The molecule has 0 amide bonds. The van der Waals surface area contributed by atoms with Gasteiger partial charge in [0.25, 0.3) is 0 Å². The molecule has 5 atom stereocenters. The van der Waals surface area contributed by atoms with Crippen LogP contribution in [0.5, 0.6) is 0 Å². The van der Waals surface area contributed by atoms with Gasteiger partial charge in [-0.2, -0.15) is 0 Å². The lowest BCUT2D eigenvalue weighted by molar-refractivity contribution is -0.456. The zero-order valence-corrected chi connectivity index (χ0v) is 14.0. The minimum absolute atomic E-state index is 0.171. The van der Waals surface area contributed by atoms with Gasteiger partial charge in [-0.3, -0.25) is 21.8 Å². The third-order valence-corrected chi connectivity index (χ3v) is 5.76. The molecule has 3 rings (SSSR count). The topological polar surface area (TPSA) is 205 Å². The number of imidazole rings is 1. The van der Waals surface area contributed by atoms with Crippen LogP contribution >= 0.6 is 11.6 Å². The van der Waals surface area contributed by atoms with Crippen molar-refractivity contribution in [2.45, 2.75) is 16.8 Å². The van der Waals surface area contributed by atoms with E-state index >= 15 is 0 Å². The van der Waals surface area contributed by atoms with Crippen molar-refractivity contribution >= 4 is 23.5 Å². The SMILES string of the molecule is [N-]=[N+]=NC[C@@H]1[C@@H](CN=[N+]=[N-])[C@H](c2c[nH+]c(N)[nH]2)[C@@]2(C[NH+]=C(N)N2)[C@H]1Cl. The molecule has 1 aromatic heterocycles. The van der Waals surface area contributed by atoms with Gasteiger partial charge in [-0.1, -0.05) is 10.2 Å². The molecule has 12 nitrogen and oxygen atoms in total. The molecule has 1 aromatic rings. The van der Waals surface area contributed by atoms with Crippen molar-refractivity contribution in [3.8, 4) is 0 Å². The fraction of sp³-hybridized carbons (Fsp3) is 0.667. The van der Waals surface area contributed by atoms with E-state index in [1.807, 2.05) is 0 Å². The summed E-state index contributed by atoms with van der Waals surface area (Å²) in [5.41, 5.74) is 29.4. The molecular formula is C12H19ClN12+2. The number of hydrogen-bond acceptors (Lipinski definition) is 5. The second kappa shape index (κ2) is 6.60. The first-order chi connectivity index (χ1) is 12.0. The molecule has 25 heavy (non-hydrogen) atoms. The number of nitrogens with one attached hydrogen (secondary N) is 4. The first-order valence-corrected chi connectivity index (χ1v) is 8.13. The standard InChI is InChI=1S/C12H17ClN12/c13-9-6(2-21-25-17)5(1-20-24-16)8(7-3-18-10(14)22-7)12(9)4-19-11(15)23-12/h3,5-6,8-9H,1-2,4H2,(H3,14,18,22)(H3,15,19,23)/p+2/t5-,6-,8-,9+,12+/m1/s1. The van der Waals surface area contributed by atoms with E-state index in [1.54, 1.807) is 6.20 Å². The summed E-state index contributed by atoms with van der Waals surface area (Å²) < 4.78 is 0. The number of anilines is 1. The Morgan fingerprint density at radius 3 is 2.48 bits per heavy atom. The van der Waals surface area contributed by atoms with Gasteiger partial charge in [-0.25, -0.2) is 9.97 Å². The molecule has 0 aromatic carbocycles. The van der Waals surface area contributed by atoms with Crippen molar-refractivity contribution in [3.63, 3.8) is 0 Å². The Bertz CT molecular complexity index is 775. The molecule has 1 saturated carbocycles. The van der Waals surface area contributed by atoms with Crippen LogP contribution in [0.1, 0.15) is 11.6 Å². The Balaban J connectivity index is 2.08. The normalized spacial score (nSPS) is 33.4. The summed E-state index contributed by atoms with van der Waals surface area (Å²) >= 11 is 6.82. The van der Waals surface area contributed by atoms with Gasteiger partial charge in [0.1, 0.15) is 17.8 Å². The molecule has 2 heterocycles. The number of hydrogen-bond donors (Lipinski definition) is 5. The first kappa shape index (κ1) is 17.0. The molecule has 0 saturated heterocycles. The molecule has 0 bridgehead atoms. The lowest BCUT2D eigenvalue weighted by Crippen LogP contribution is -2.74. The predicted octanol–water partition coefficient (Wildman–Crippen LogP) is -1.29. The highest BCUT2D eigenvalue weighted by Gasteiger charge is 2.65. The number of nitrogens with two attached hydrogens (primary N) is 2. The van der Waals surface area contributed by atoms with E-state index in [4.69, 9.17) is 34.1 Å². The number of alkyl halides is 1. The van der Waals surface area contributed by atoms with E-state index in [0.717, 1.165) is 5.69 Å². The highest BCUT2D eigenvalue weighted by Crippen LogP contribution is 2.52. The van der Waals surface area contributed by atoms with Gasteiger partial charge < -0.3 is 0 Å². The lowest BCUT2D eigenvalue weighted by Gasteiger charge is -2.30. The maximum Gasteiger partial charge on any atom is 0.350 e. The maximum atomic E-state index is 8.77. The number of azide groups is 2. The first-order valence-electron chi connectivity index (χ1n) is 7.70. The number of halogens is 1. The number of aromatic nitrogens is 2. The number of aromatic amines is 2. The van der Waals surface area contributed by atoms with Gasteiger partial charge in [0.15, 0.2) is 0 Å². The zero-order chi connectivity index (χ0) is 18.0. The smallest absolute Gasteiger partial charge is 0.291 e. The van der Waals surface area contributed by atoms with Crippen molar-refractivity contribution in [1.82, 2.24) is 10.3 Å². The molecule has 132 valence electrons. The Hall–Kier alpha value is -2.81. The maximum absolute atomic E-state index is 8.77. The highest BCUT2D eigenvalue weighted by atomic mass is 35.5. The van der Waals surface area contributed by atoms with Crippen LogP contribution in [-0.4, -0.2) is 41.5 Å². The second-order valence-corrected chi connectivity index (χ2v) is 6.72. The molecular weight excluding hydrogens is 348 g/mol. The zero-order valence-electron chi connectivity index (χ0n) is 13.2. The summed E-state index contributed by atoms with van der Waals surface area (Å²) in [7, 11) is 0. The summed E-state index contributed by atoms with van der Waals surface area (Å²) in [5, 5.41) is 10.3. The minimum atomic E-state index is -0.637. The van der Waals surface area contributed by atoms with E-state index in [2.05, 4.69) is 40.3 Å². The average Bonchev–Trinajstić information content (AvgIpc) is 3.24. The molecule has 0 unspecified atom stereocenters. The van der Waals surface area contributed by atoms with Gasteiger partial charge in [0, 0.05) is 22.9 Å². The van der Waals surface area contributed by atoms with E-state index in [0.29, 0.717) is 18.5 Å². The van der Waals surface area contributed by atoms with Crippen molar-refractivity contribution in [3.05, 3.63) is 32.8 Å². The Morgan fingerprint density at radius 1 is 1.28 bits per heavy atom. The number of H-pyrrole nitrogens is 2. The summed E-state index contributed by atoms with van der Waals surface area (Å²) in [4.78, 5) is 14.8. The number of rotatable bonds is 5. The Morgan fingerprint density at radius 2 is 1.96 bits per heavy atom. The van der Waals surface area contributed by atoms with Gasteiger partial charge in [-0.05, 0) is 22.9 Å². The minimum Gasteiger partial charge on any atom is -0.291 e. The summed E-state index contributed by atoms with van der Waals surface area (Å²) in [6.45, 7) is 0.879. The van der Waals surface area contributed by atoms with Crippen molar-refractivity contribution in [1.29, 1.82) is 0 Å². The van der Waals surface area contributed by atoms with Gasteiger partial charge in [0.2, 0.25) is 0 Å². The van der Waals surface area contributed by atoms with Crippen LogP contribution in [0.25, 0.3) is 20.9 Å². The third kappa shape index (κ3) is 2.76. The largest absolute Gasteiger partial charge is 0.350 e. The number of nitrogens with zero attached hydrogens (tertiary/aromatic N) is 6. The van der Waals surface area contributed by atoms with Crippen molar-refractivity contribution < 1.29 is 9.98 Å². The van der Waals surface area contributed by atoms with E-state index < -0.39 is 10.9 Å². The average molecular weight is 367 g/mol. The Kier molecular flexibility index (Phi) is 4.49. The number of nitrogen functional groups attached to an aromatic ring is 1.